The average molecular weight is 312 g/mol. The highest BCUT2D eigenvalue weighted by atomic mass is 32.2. The van der Waals surface area contributed by atoms with E-state index in [2.05, 4.69) is 5.32 Å². The van der Waals surface area contributed by atoms with Crippen molar-refractivity contribution < 1.29 is 13.2 Å². The number of hydrogen-bond acceptors (Lipinski definition) is 4. The second-order valence-corrected chi connectivity index (χ2v) is 7.72. The van der Waals surface area contributed by atoms with E-state index in [1.165, 1.54) is 5.56 Å². The van der Waals surface area contributed by atoms with Gasteiger partial charge in [0.05, 0.1) is 11.8 Å². The van der Waals surface area contributed by atoms with Gasteiger partial charge in [0.25, 0.3) is 0 Å². The number of aryl methyl sites for hydroxylation is 1. The summed E-state index contributed by atoms with van der Waals surface area (Å²) < 4.78 is 22.1. The summed E-state index contributed by atoms with van der Waals surface area (Å²) in [4.78, 5) is 11.9. The molecule has 6 heteroatoms. The smallest absolute Gasteiger partial charge is 0.237 e. The Morgan fingerprint density at radius 1 is 1.24 bits per heavy atom. The Hall–Kier alpha value is -1.40. The number of benzene rings is 1. The zero-order valence-electron chi connectivity index (χ0n) is 12.6. The molecule has 0 aliphatic rings. The van der Waals surface area contributed by atoms with Crippen LogP contribution in [0.2, 0.25) is 0 Å². The van der Waals surface area contributed by atoms with Crippen LogP contribution in [0.5, 0.6) is 0 Å². The molecule has 2 unspecified atom stereocenters. The Morgan fingerprint density at radius 2 is 1.86 bits per heavy atom. The van der Waals surface area contributed by atoms with Crippen molar-refractivity contribution >= 4 is 15.7 Å². The number of carbonyl (C=O) groups is 1. The van der Waals surface area contributed by atoms with Crippen LogP contribution >= 0.6 is 0 Å². The third kappa shape index (κ3) is 7.82. The molecule has 21 heavy (non-hydrogen) atoms. The highest BCUT2D eigenvalue weighted by molar-refractivity contribution is 7.90. The van der Waals surface area contributed by atoms with Crippen LogP contribution in [0.3, 0.4) is 0 Å². The molecule has 0 saturated heterocycles. The summed E-state index contributed by atoms with van der Waals surface area (Å²) in [5, 5.41) is 2.83. The minimum absolute atomic E-state index is 0.00184. The molecule has 0 fully saturated rings. The van der Waals surface area contributed by atoms with Crippen LogP contribution in [-0.4, -0.2) is 38.4 Å². The molecule has 0 heterocycles. The van der Waals surface area contributed by atoms with Crippen molar-refractivity contribution in [2.75, 3.05) is 12.0 Å². The Kier molecular flexibility index (Phi) is 6.84. The van der Waals surface area contributed by atoms with E-state index in [0.29, 0.717) is 0 Å². The molecule has 1 aromatic carbocycles. The van der Waals surface area contributed by atoms with Gasteiger partial charge in [0.2, 0.25) is 5.91 Å². The fraction of sp³-hybridized carbons (Fsp3) is 0.533. The third-order valence-corrected chi connectivity index (χ3v) is 4.21. The molecule has 1 rings (SSSR count). The first-order valence-electron chi connectivity index (χ1n) is 7.05. The second-order valence-electron chi connectivity index (χ2n) is 5.46. The highest BCUT2D eigenvalue weighted by Crippen LogP contribution is 2.05. The Balaban J connectivity index is 2.33. The molecule has 3 N–H and O–H groups in total. The molecule has 0 aliphatic carbocycles. The van der Waals surface area contributed by atoms with Crippen molar-refractivity contribution in [2.45, 2.75) is 38.3 Å². The molecule has 118 valence electrons. The van der Waals surface area contributed by atoms with Gasteiger partial charge in [0, 0.05) is 12.3 Å². The summed E-state index contributed by atoms with van der Waals surface area (Å²) in [5.41, 5.74) is 6.93. The van der Waals surface area contributed by atoms with Crippen molar-refractivity contribution in [1.82, 2.24) is 5.32 Å². The molecule has 2 atom stereocenters. The summed E-state index contributed by atoms with van der Waals surface area (Å²) in [5.74, 6) is -0.362. The maximum Gasteiger partial charge on any atom is 0.237 e. The van der Waals surface area contributed by atoms with Crippen LogP contribution in [0.25, 0.3) is 0 Å². The fourth-order valence-electron chi connectivity index (χ4n) is 1.92. The normalized spacial score (nSPS) is 14.4. The molecule has 0 aromatic heterocycles. The van der Waals surface area contributed by atoms with Gasteiger partial charge < -0.3 is 11.1 Å². The highest BCUT2D eigenvalue weighted by Gasteiger charge is 2.17. The summed E-state index contributed by atoms with van der Waals surface area (Å²) in [6, 6.07) is 9.26. The van der Waals surface area contributed by atoms with E-state index in [1.54, 1.807) is 0 Å². The van der Waals surface area contributed by atoms with Gasteiger partial charge in [-0.25, -0.2) is 8.42 Å². The summed E-state index contributed by atoms with van der Waals surface area (Å²) in [7, 11) is -3.09. The van der Waals surface area contributed by atoms with Crippen LogP contribution in [0.15, 0.2) is 30.3 Å². The van der Waals surface area contributed by atoms with Crippen LogP contribution in [0, 0.1) is 0 Å². The predicted octanol–water partition coefficient (Wildman–Crippen LogP) is 0.886. The molecule has 0 aliphatic heterocycles. The Morgan fingerprint density at radius 3 is 2.43 bits per heavy atom. The first kappa shape index (κ1) is 17.7. The van der Waals surface area contributed by atoms with Crippen molar-refractivity contribution in [2.24, 2.45) is 5.73 Å². The van der Waals surface area contributed by atoms with E-state index < -0.39 is 15.9 Å². The van der Waals surface area contributed by atoms with Gasteiger partial charge in [-0.05, 0) is 31.7 Å². The molecule has 1 amide bonds. The lowest BCUT2D eigenvalue weighted by Crippen LogP contribution is -2.45. The number of nitrogens with one attached hydrogen (secondary N) is 1. The lowest BCUT2D eigenvalue weighted by molar-refractivity contribution is -0.123. The van der Waals surface area contributed by atoms with E-state index >= 15 is 0 Å². The van der Waals surface area contributed by atoms with Gasteiger partial charge in [-0.2, -0.15) is 0 Å². The van der Waals surface area contributed by atoms with Gasteiger partial charge >= 0.3 is 0 Å². The Bertz CT molecular complexity index is 543. The quantitative estimate of drug-likeness (QED) is 0.746. The van der Waals surface area contributed by atoms with E-state index in [9.17, 15) is 13.2 Å². The molecule has 5 nitrogen and oxygen atoms in total. The maximum absolute atomic E-state index is 11.9. The van der Waals surface area contributed by atoms with Gasteiger partial charge in [-0.3, -0.25) is 4.79 Å². The first-order chi connectivity index (χ1) is 9.78. The zero-order valence-corrected chi connectivity index (χ0v) is 13.4. The third-order valence-electron chi connectivity index (χ3n) is 3.23. The summed E-state index contributed by atoms with van der Waals surface area (Å²) >= 11 is 0. The molecule has 0 spiro atoms. The zero-order chi connectivity index (χ0) is 15.9. The summed E-state index contributed by atoms with van der Waals surface area (Å²) in [6.07, 6.45) is 2.98. The number of nitrogens with two attached hydrogens (primary N) is 1. The van der Waals surface area contributed by atoms with Crippen molar-refractivity contribution in [1.29, 1.82) is 0 Å². The first-order valence-corrected chi connectivity index (χ1v) is 9.11. The SMILES string of the molecule is CC(CCc1ccccc1)NC(=O)C(N)CCS(C)(=O)=O. The van der Waals surface area contributed by atoms with Crippen molar-refractivity contribution in [3.8, 4) is 0 Å². The van der Waals surface area contributed by atoms with Gasteiger partial charge in [-0.15, -0.1) is 0 Å². The van der Waals surface area contributed by atoms with Crippen LogP contribution in [0.4, 0.5) is 0 Å². The predicted molar refractivity (Wildman–Crippen MR) is 84.7 cm³/mol. The number of amides is 1. The van der Waals surface area contributed by atoms with Crippen LogP contribution < -0.4 is 11.1 Å². The van der Waals surface area contributed by atoms with Crippen molar-refractivity contribution in [3.05, 3.63) is 35.9 Å². The number of hydrogen-bond donors (Lipinski definition) is 2. The fourth-order valence-corrected chi connectivity index (χ4v) is 2.60. The Labute approximate surface area is 126 Å². The van der Waals surface area contributed by atoms with Crippen LogP contribution in [0.1, 0.15) is 25.3 Å². The van der Waals surface area contributed by atoms with Gasteiger partial charge in [0.1, 0.15) is 9.84 Å². The average Bonchev–Trinajstić information content (AvgIpc) is 2.42. The minimum atomic E-state index is -3.09. The van der Waals surface area contributed by atoms with E-state index in [0.717, 1.165) is 19.1 Å². The largest absolute Gasteiger partial charge is 0.352 e. The van der Waals surface area contributed by atoms with Crippen LogP contribution in [-0.2, 0) is 21.1 Å². The van der Waals surface area contributed by atoms with Gasteiger partial charge in [0.15, 0.2) is 0 Å². The van der Waals surface area contributed by atoms with E-state index in [-0.39, 0.29) is 24.1 Å². The molecule has 0 radical (unpaired) electrons. The van der Waals surface area contributed by atoms with E-state index in [1.807, 2.05) is 37.3 Å². The lowest BCUT2D eigenvalue weighted by atomic mass is 10.1. The van der Waals surface area contributed by atoms with Crippen molar-refractivity contribution in [3.63, 3.8) is 0 Å². The van der Waals surface area contributed by atoms with Gasteiger partial charge in [-0.1, -0.05) is 30.3 Å². The maximum atomic E-state index is 11.9. The second kappa shape index (κ2) is 8.14. The lowest BCUT2D eigenvalue weighted by Gasteiger charge is -2.17. The minimum Gasteiger partial charge on any atom is -0.352 e. The number of carbonyl (C=O) groups excluding carboxylic acids is 1. The molecular formula is C15H24N2O3S. The van der Waals surface area contributed by atoms with E-state index in [4.69, 9.17) is 5.73 Å². The topological polar surface area (TPSA) is 89.3 Å². The molecule has 0 saturated carbocycles. The summed E-state index contributed by atoms with van der Waals surface area (Å²) in [6.45, 7) is 1.92. The molecular weight excluding hydrogens is 288 g/mol. The standard InChI is InChI=1S/C15H24N2O3S/c1-12(8-9-13-6-4-3-5-7-13)17-15(18)14(16)10-11-21(2,19)20/h3-7,12,14H,8-11,16H2,1-2H3,(H,17,18). The number of rotatable bonds is 8. The molecule has 1 aromatic rings. The number of sulfone groups is 1. The monoisotopic (exact) mass is 312 g/mol. The molecule has 0 bridgehead atoms.